The molecular formula is C21H24Cl2N2O4. The number of para-hydroxylation sites is 1. The van der Waals surface area contributed by atoms with Crippen molar-refractivity contribution in [1.29, 1.82) is 0 Å². The first kappa shape index (κ1) is 23.0. The van der Waals surface area contributed by atoms with Crippen molar-refractivity contribution in [3.05, 3.63) is 60.2 Å². The molecule has 0 aliphatic heterocycles. The molecule has 2 amide bonds. The van der Waals surface area contributed by atoms with E-state index in [1.807, 2.05) is 37.3 Å². The van der Waals surface area contributed by atoms with Gasteiger partial charge in [0.1, 0.15) is 17.7 Å². The second-order valence-electron chi connectivity index (χ2n) is 6.12. The van der Waals surface area contributed by atoms with Gasteiger partial charge < -0.3 is 19.7 Å². The van der Waals surface area contributed by atoms with Crippen LogP contribution in [0, 0.1) is 0 Å². The third kappa shape index (κ3) is 7.24. The number of alkyl halides is 2. The zero-order chi connectivity index (χ0) is 21.2. The molecule has 0 saturated heterocycles. The van der Waals surface area contributed by atoms with Crippen LogP contribution in [0.15, 0.2) is 54.6 Å². The van der Waals surface area contributed by atoms with Gasteiger partial charge in [0.15, 0.2) is 4.84 Å². The Balaban J connectivity index is 2.25. The number of rotatable bonds is 10. The van der Waals surface area contributed by atoms with Gasteiger partial charge in [0.05, 0.1) is 6.61 Å². The van der Waals surface area contributed by atoms with E-state index in [1.54, 1.807) is 24.3 Å². The normalized spacial score (nSPS) is 11.8. The summed E-state index contributed by atoms with van der Waals surface area (Å²) >= 11 is 11.6. The molecule has 0 fully saturated rings. The lowest BCUT2D eigenvalue weighted by molar-refractivity contribution is -0.135. The van der Waals surface area contributed by atoms with Gasteiger partial charge in [0.25, 0.3) is 5.91 Å². The maximum atomic E-state index is 12.6. The molecule has 29 heavy (non-hydrogen) atoms. The summed E-state index contributed by atoms with van der Waals surface area (Å²) in [6, 6.07) is 16.5. The summed E-state index contributed by atoms with van der Waals surface area (Å²) in [5.74, 6) is 0.520. The van der Waals surface area contributed by atoms with Gasteiger partial charge in [-0.2, -0.15) is 0 Å². The van der Waals surface area contributed by atoms with E-state index in [1.165, 1.54) is 11.8 Å². The fourth-order valence-electron chi connectivity index (χ4n) is 2.68. The van der Waals surface area contributed by atoms with Crippen LogP contribution in [-0.2, 0) is 14.3 Å². The average molecular weight is 439 g/mol. The van der Waals surface area contributed by atoms with Crippen LogP contribution in [0.1, 0.15) is 25.6 Å². The van der Waals surface area contributed by atoms with Crippen molar-refractivity contribution in [2.45, 2.75) is 24.8 Å². The molecule has 0 aliphatic carbocycles. The van der Waals surface area contributed by atoms with Crippen LogP contribution in [0.3, 0.4) is 0 Å². The van der Waals surface area contributed by atoms with Crippen molar-refractivity contribution in [3.63, 3.8) is 0 Å². The van der Waals surface area contributed by atoms with Crippen molar-refractivity contribution in [3.8, 4) is 11.5 Å². The number of carbonyl (C=O) groups excluding carboxylic acids is 2. The Hall–Kier alpha value is -2.28. The van der Waals surface area contributed by atoms with Gasteiger partial charge in [-0.25, -0.2) is 0 Å². The maximum Gasteiger partial charge on any atom is 0.257 e. The molecule has 1 N–H and O–H groups in total. The summed E-state index contributed by atoms with van der Waals surface area (Å²) < 4.78 is 11.1. The smallest absolute Gasteiger partial charge is 0.257 e. The predicted octanol–water partition coefficient (Wildman–Crippen LogP) is 4.28. The van der Waals surface area contributed by atoms with E-state index in [0.717, 1.165) is 0 Å². The Morgan fingerprint density at radius 3 is 2.21 bits per heavy atom. The third-order valence-electron chi connectivity index (χ3n) is 3.98. The summed E-state index contributed by atoms with van der Waals surface area (Å²) in [5, 5.41) is 2.78. The Bertz CT molecular complexity index is 785. The highest BCUT2D eigenvalue weighted by atomic mass is 35.5. The average Bonchev–Trinajstić information content (AvgIpc) is 2.70. The monoisotopic (exact) mass is 438 g/mol. The molecule has 6 nitrogen and oxygen atoms in total. The number of amides is 2. The number of nitrogens with zero attached hydrogens (tertiary/aromatic N) is 1. The highest BCUT2D eigenvalue weighted by molar-refractivity contribution is 6.53. The number of hydrogen-bond donors (Lipinski definition) is 1. The summed E-state index contributed by atoms with van der Waals surface area (Å²) in [7, 11) is 0. The van der Waals surface area contributed by atoms with Gasteiger partial charge in [-0.05, 0) is 36.8 Å². The zero-order valence-electron chi connectivity index (χ0n) is 16.3. The second-order valence-corrected chi connectivity index (χ2v) is 7.21. The van der Waals surface area contributed by atoms with Crippen molar-refractivity contribution < 1.29 is 19.1 Å². The van der Waals surface area contributed by atoms with Gasteiger partial charge in [-0.15, -0.1) is 0 Å². The number of carbonyl (C=O) groups is 2. The standard InChI is InChI=1S/C21H24Cl2N2O4/c1-3-28-14-13-25(21(27)19(22)23)20(24-15(2)26)16-9-11-18(12-10-16)29-17-7-5-4-6-8-17/h4-12,19-20H,3,13-14H2,1-2H3,(H,24,26). The van der Waals surface area contributed by atoms with Crippen LogP contribution in [0.4, 0.5) is 0 Å². The molecule has 8 heteroatoms. The van der Waals surface area contributed by atoms with Crippen LogP contribution in [-0.4, -0.2) is 41.3 Å². The van der Waals surface area contributed by atoms with Gasteiger partial charge >= 0.3 is 0 Å². The van der Waals surface area contributed by atoms with E-state index in [0.29, 0.717) is 23.7 Å². The largest absolute Gasteiger partial charge is 0.457 e. The van der Waals surface area contributed by atoms with E-state index < -0.39 is 16.9 Å². The Kier molecular flexibility index (Phi) is 9.25. The molecule has 0 heterocycles. The van der Waals surface area contributed by atoms with Crippen molar-refractivity contribution in [2.75, 3.05) is 19.8 Å². The summed E-state index contributed by atoms with van der Waals surface area (Å²) in [4.78, 5) is 24.5. The first-order valence-corrected chi connectivity index (χ1v) is 10.1. The SMILES string of the molecule is CCOCCN(C(=O)C(Cl)Cl)C(NC(C)=O)c1ccc(Oc2ccccc2)cc1. The van der Waals surface area contributed by atoms with Gasteiger partial charge in [-0.1, -0.05) is 53.5 Å². The molecule has 1 atom stereocenters. The first-order valence-electron chi connectivity index (χ1n) is 9.18. The summed E-state index contributed by atoms with van der Waals surface area (Å²) in [5.41, 5.74) is 0.680. The molecule has 0 bridgehead atoms. The van der Waals surface area contributed by atoms with Crippen LogP contribution in [0.25, 0.3) is 0 Å². The van der Waals surface area contributed by atoms with E-state index in [4.69, 9.17) is 32.7 Å². The minimum atomic E-state index is -1.26. The topological polar surface area (TPSA) is 67.9 Å². The zero-order valence-corrected chi connectivity index (χ0v) is 17.8. The number of ether oxygens (including phenoxy) is 2. The summed E-state index contributed by atoms with van der Waals surface area (Å²) in [6.45, 7) is 4.24. The lowest BCUT2D eigenvalue weighted by atomic mass is 10.1. The highest BCUT2D eigenvalue weighted by Crippen LogP contribution is 2.26. The fourth-order valence-corrected chi connectivity index (χ4v) is 2.93. The predicted molar refractivity (Wildman–Crippen MR) is 113 cm³/mol. The highest BCUT2D eigenvalue weighted by Gasteiger charge is 2.29. The quantitative estimate of drug-likeness (QED) is 0.341. The Labute approximate surface area is 180 Å². The number of nitrogens with one attached hydrogen (secondary N) is 1. The summed E-state index contributed by atoms with van der Waals surface area (Å²) in [6.07, 6.45) is -0.744. The molecule has 2 rings (SSSR count). The third-order valence-corrected chi connectivity index (χ3v) is 4.35. The molecule has 1 unspecified atom stereocenters. The molecule has 2 aromatic carbocycles. The number of benzene rings is 2. The van der Waals surface area contributed by atoms with Gasteiger partial charge in [-0.3, -0.25) is 9.59 Å². The number of halogens is 2. The molecule has 0 radical (unpaired) electrons. The fraction of sp³-hybridized carbons (Fsp3) is 0.333. The Morgan fingerprint density at radius 2 is 1.66 bits per heavy atom. The lowest BCUT2D eigenvalue weighted by Gasteiger charge is -2.33. The first-order chi connectivity index (χ1) is 13.9. The van der Waals surface area contributed by atoms with Gasteiger partial charge in [0.2, 0.25) is 5.91 Å². The van der Waals surface area contributed by atoms with Crippen molar-refractivity contribution >= 4 is 35.0 Å². The molecule has 0 saturated carbocycles. The van der Waals surface area contributed by atoms with E-state index in [9.17, 15) is 9.59 Å². The van der Waals surface area contributed by atoms with E-state index in [2.05, 4.69) is 5.32 Å². The number of hydrogen-bond acceptors (Lipinski definition) is 4. The minimum absolute atomic E-state index is 0.218. The maximum absolute atomic E-state index is 12.6. The van der Waals surface area contributed by atoms with Crippen LogP contribution in [0.5, 0.6) is 11.5 Å². The van der Waals surface area contributed by atoms with Crippen LogP contribution < -0.4 is 10.1 Å². The molecule has 2 aromatic rings. The van der Waals surface area contributed by atoms with E-state index >= 15 is 0 Å². The molecule has 0 aromatic heterocycles. The molecule has 0 aliphatic rings. The van der Waals surface area contributed by atoms with Crippen molar-refractivity contribution in [1.82, 2.24) is 10.2 Å². The van der Waals surface area contributed by atoms with Crippen molar-refractivity contribution in [2.24, 2.45) is 0 Å². The lowest BCUT2D eigenvalue weighted by Crippen LogP contribution is -2.47. The van der Waals surface area contributed by atoms with Crippen LogP contribution in [0.2, 0.25) is 0 Å². The van der Waals surface area contributed by atoms with E-state index in [-0.39, 0.29) is 19.1 Å². The molecular weight excluding hydrogens is 415 g/mol. The second kappa shape index (κ2) is 11.7. The molecule has 156 valence electrons. The van der Waals surface area contributed by atoms with Gasteiger partial charge in [0, 0.05) is 20.1 Å². The van der Waals surface area contributed by atoms with Crippen LogP contribution >= 0.6 is 23.2 Å². The minimum Gasteiger partial charge on any atom is -0.457 e. The Morgan fingerprint density at radius 1 is 1.03 bits per heavy atom. The molecule has 0 spiro atoms.